The second-order valence-corrected chi connectivity index (χ2v) is 6.17. The fraction of sp³-hybridized carbons (Fsp3) is 0.250. The summed E-state index contributed by atoms with van der Waals surface area (Å²) in [6, 6.07) is 13.7. The third-order valence-corrected chi connectivity index (χ3v) is 4.23. The van der Waals surface area contributed by atoms with Gasteiger partial charge in [-0.3, -0.25) is 0 Å². The molecule has 2 aromatic carbocycles. The van der Waals surface area contributed by atoms with Gasteiger partial charge in [0.1, 0.15) is 5.75 Å². The van der Waals surface area contributed by atoms with Crippen molar-refractivity contribution in [2.45, 2.75) is 6.42 Å². The van der Waals surface area contributed by atoms with Crippen LogP contribution in [0.3, 0.4) is 0 Å². The fourth-order valence-corrected chi connectivity index (χ4v) is 2.69. The first-order valence-electron chi connectivity index (χ1n) is 8.47. The molecular weight excluding hydrogens is 348 g/mol. The van der Waals surface area contributed by atoms with Crippen LogP contribution in [-0.4, -0.2) is 33.0 Å². The first kappa shape index (κ1) is 19.8. The quantitative estimate of drug-likeness (QED) is 0.379. The number of anilines is 1. The van der Waals surface area contributed by atoms with Crippen molar-refractivity contribution in [1.29, 1.82) is 5.41 Å². The van der Waals surface area contributed by atoms with Crippen LogP contribution in [0.4, 0.5) is 5.69 Å². The Labute approximate surface area is 159 Å². The van der Waals surface area contributed by atoms with E-state index in [9.17, 15) is 0 Å². The molecule has 0 atom stereocenters. The van der Waals surface area contributed by atoms with Gasteiger partial charge in [0.25, 0.3) is 0 Å². The Morgan fingerprint density at radius 3 is 2.58 bits per heavy atom. The minimum atomic E-state index is 0.622. The van der Waals surface area contributed by atoms with Crippen molar-refractivity contribution in [3.05, 3.63) is 64.8 Å². The number of ether oxygens (including phenoxy) is 1. The molecule has 0 unspecified atom stereocenters. The van der Waals surface area contributed by atoms with Crippen LogP contribution < -0.4 is 21.1 Å². The minimum absolute atomic E-state index is 0.622. The summed E-state index contributed by atoms with van der Waals surface area (Å²) >= 11 is 5.88. The van der Waals surface area contributed by atoms with E-state index in [1.807, 2.05) is 30.3 Å². The van der Waals surface area contributed by atoms with Crippen molar-refractivity contribution >= 4 is 29.1 Å². The monoisotopic (exact) mass is 372 g/mol. The van der Waals surface area contributed by atoms with E-state index in [0.29, 0.717) is 11.3 Å². The summed E-state index contributed by atoms with van der Waals surface area (Å²) in [4.78, 5) is 0. The van der Waals surface area contributed by atoms with Gasteiger partial charge >= 0.3 is 0 Å². The van der Waals surface area contributed by atoms with Crippen LogP contribution in [0.25, 0.3) is 5.57 Å². The standard InChI is InChI=1S/C20H25ClN4O/c1-26-20-12-18(6-7-19(20)16(13-22)14-23)25-11-10-24-9-8-15-2-4-17(21)5-3-15/h2-7,12-14,22,24-25H,8-11,23H2,1H3/b16-14+,22-13?. The zero-order valence-corrected chi connectivity index (χ0v) is 15.6. The highest BCUT2D eigenvalue weighted by Gasteiger charge is 2.07. The number of hydrogen-bond acceptors (Lipinski definition) is 5. The second-order valence-electron chi connectivity index (χ2n) is 5.73. The first-order valence-corrected chi connectivity index (χ1v) is 8.85. The van der Waals surface area contributed by atoms with E-state index in [1.54, 1.807) is 7.11 Å². The lowest BCUT2D eigenvalue weighted by molar-refractivity contribution is 0.414. The number of halogens is 1. The lowest BCUT2D eigenvalue weighted by Gasteiger charge is -2.13. The summed E-state index contributed by atoms with van der Waals surface area (Å²) in [5.41, 5.74) is 9.21. The fourth-order valence-electron chi connectivity index (χ4n) is 2.56. The van der Waals surface area contributed by atoms with Crippen molar-refractivity contribution in [3.8, 4) is 5.75 Å². The van der Waals surface area contributed by atoms with E-state index in [4.69, 9.17) is 27.5 Å². The molecule has 0 aliphatic rings. The molecule has 0 amide bonds. The molecule has 0 aliphatic carbocycles. The molecule has 138 valence electrons. The maximum Gasteiger partial charge on any atom is 0.128 e. The molecule has 0 saturated carbocycles. The Morgan fingerprint density at radius 1 is 1.15 bits per heavy atom. The van der Waals surface area contributed by atoms with Gasteiger partial charge in [-0.15, -0.1) is 0 Å². The van der Waals surface area contributed by atoms with Crippen molar-refractivity contribution in [1.82, 2.24) is 5.32 Å². The van der Waals surface area contributed by atoms with Crippen LogP contribution in [0.2, 0.25) is 5.02 Å². The van der Waals surface area contributed by atoms with Gasteiger partial charge in [0.15, 0.2) is 0 Å². The zero-order valence-electron chi connectivity index (χ0n) is 14.9. The Morgan fingerprint density at radius 2 is 1.92 bits per heavy atom. The summed E-state index contributed by atoms with van der Waals surface area (Å²) in [5, 5.41) is 15.0. The van der Waals surface area contributed by atoms with E-state index < -0.39 is 0 Å². The van der Waals surface area contributed by atoms with Crippen LogP contribution in [0.5, 0.6) is 5.75 Å². The number of rotatable bonds is 10. The lowest BCUT2D eigenvalue weighted by atomic mass is 10.1. The van der Waals surface area contributed by atoms with Gasteiger partial charge in [-0.2, -0.15) is 0 Å². The Balaban J connectivity index is 1.77. The van der Waals surface area contributed by atoms with Gasteiger partial charge in [-0.25, -0.2) is 0 Å². The lowest BCUT2D eigenvalue weighted by Crippen LogP contribution is -2.24. The van der Waals surface area contributed by atoms with Gasteiger partial charge in [0, 0.05) is 53.4 Å². The third-order valence-electron chi connectivity index (χ3n) is 3.98. The Hall–Kier alpha value is -2.50. The predicted octanol–water partition coefficient (Wildman–Crippen LogP) is 3.54. The Bertz CT molecular complexity index is 744. The summed E-state index contributed by atoms with van der Waals surface area (Å²) in [7, 11) is 1.61. The second kappa shape index (κ2) is 10.5. The number of methoxy groups -OCH3 is 1. The molecule has 0 radical (unpaired) electrons. The average molecular weight is 373 g/mol. The number of allylic oxidation sites excluding steroid dienone is 1. The first-order chi connectivity index (χ1) is 12.7. The predicted molar refractivity (Wildman–Crippen MR) is 110 cm³/mol. The van der Waals surface area contributed by atoms with Gasteiger partial charge in [-0.1, -0.05) is 23.7 Å². The number of nitrogens with one attached hydrogen (secondary N) is 3. The summed E-state index contributed by atoms with van der Waals surface area (Å²) in [6.07, 6.45) is 3.59. The summed E-state index contributed by atoms with van der Waals surface area (Å²) in [5.74, 6) is 0.686. The van der Waals surface area contributed by atoms with Crippen LogP contribution in [0.1, 0.15) is 11.1 Å². The van der Waals surface area contributed by atoms with E-state index in [2.05, 4.69) is 22.8 Å². The molecule has 0 aliphatic heterocycles. The number of benzene rings is 2. The van der Waals surface area contributed by atoms with Gasteiger partial charge < -0.3 is 26.5 Å². The van der Waals surface area contributed by atoms with Crippen molar-refractivity contribution in [2.75, 3.05) is 32.1 Å². The molecule has 5 N–H and O–H groups in total. The van der Waals surface area contributed by atoms with Gasteiger partial charge in [0.05, 0.1) is 7.11 Å². The van der Waals surface area contributed by atoms with Gasteiger partial charge in [0.2, 0.25) is 0 Å². The molecule has 0 fully saturated rings. The number of nitrogens with two attached hydrogens (primary N) is 1. The molecule has 0 heterocycles. The van der Waals surface area contributed by atoms with Crippen molar-refractivity contribution < 1.29 is 4.74 Å². The van der Waals surface area contributed by atoms with E-state index in [-0.39, 0.29) is 0 Å². The molecule has 26 heavy (non-hydrogen) atoms. The van der Waals surface area contributed by atoms with Crippen LogP contribution >= 0.6 is 11.6 Å². The molecular formula is C20H25ClN4O. The van der Waals surface area contributed by atoms with E-state index in [1.165, 1.54) is 18.0 Å². The maximum atomic E-state index is 7.41. The SMILES string of the molecule is COc1cc(NCCNCCc2ccc(Cl)cc2)ccc1/C(C=N)=C/N. The Kier molecular flexibility index (Phi) is 7.99. The minimum Gasteiger partial charge on any atom is -0.496 e. The molecule has 2 aromatic rings. The highest BCUT2D eigenvalue weighted by Crippen LogP contribution is 2.27. The molecule has 0 aromatic heterocycles. The van der Waals surface area contributed by atoms with Crippen molar-refractivity contribution in [3.63, 3.8) is 0 Å². The molecule has 0 bridgehead atoms. The molecule has 6 heteroatoms. The molecule has 5 nitrogen and oxygen atoms in total. The highest BCUT2D eigenvalue weighted by atomic mass is 35.5. The van der Waals surface area contributed by atoms with Crippen LogP contribution in [0, 0.1) is 5.41 Å². The van der Waals surface area contributed by atoms with Crippen LogP contribution in [-0.2, 0) is 6.42 Å². The van der Waals surface area contributed by atoms with Gasteiger partial charge in [-0.05, 0) is 42.8 Å². The molecule has 0 saturated heterocycles. The highest BCUT2D eigenvalue weighted by molar-refractivity contribution is 6.30. The smallest absolute Gasteiger partial charge is 0.128 e. The topological polar surface area (TPSA) is 83.2 Å². The third kappa shape index (κ3) is 5.79. The largest absolute Gasteiger partial charge is 0.496 e. The number of hydrogen-bond donors (Lipinski definition) is 4. The van der Waals surface area contributed by atoms with E-state index in [0.717, 1.165) is 42.3 Å². The van der Waals surface area contributed by atoms with Crippen LogP contribution in [0.15, 0.2) is 48.7 Å². The zero-order chi connectivity index (χ0) is 18.8. The normalized spacial score (nSPS) is 11.2. The summed E-state index contributed by atoms with van der Waals surface area (Å²) in [6.45, 7) is 2.56. The maximum absolute atomic E-state index is 7.41. The van der Waals surface area contributed by atoms with Crippen molar-refractivity contribution in [2.24, 2.45) is 5.73 Å². The summed E-state index contributed by atoms with van der Waals surface area (Å²) < 4.78 is 5.41. The average Bonchev–Trinajstić information content (AvgIpc) is 2.67. The molecule has 0 spiro atoms. The molecule has 2 rings (SSSR count). The van der Waals surface area contributed by atoms with E-state index >= 15 is 0 Å².